The summed E-state index contributed by atoms with van der Waals surface area (Å²) in [4.78, 5) is 1.94. The number of methoxy groups -OCH3 is 1. The van der Waals surface area contributed by atoms with Gasteiger partial charge in [-0.15, -0.1) is 0 Å². The highest BCUT2D eigenvalue weighted by molar-refractivity contribution is 5.37. The molecule has 6 heteroatoms. The molecule has 0 saturated heterocycles. The SMILES string of the molecule is CNC(CCN(CCO)CCO)c1c(F)cccc1OC. The number of aliphatic hydroxyl groups excluding tert-OH is 2. The molecule has 0 spiro atoms. The van der Waals surface area contributed by atoms with Gasteiger partial charge in [0.1, 0.15) is 11.6 Å². The van der Waals surface area contributed by atoms with Crippen molar-refractivity contribution >= 4 is 0 Å². The summed E-state index contributed by atoms with van der Waals surface area (Å²) in [6.07, 6.45) is 0.647. The largest absolute Gasteiger partial charge is 0.496 e. The first-order valence-corrected chi connectivity index (χ1v) is 7.11. The zero-order chi connectivity index (χ0) is 15.7. The Kier molecular flexibility index (Phi) is 8.22. The van der Waals surface area contributed by atoms with E-state index in [1.165, 1.54) is 13.2 Å². The topological polar surface area (TPSA) is 65.0 Å². The minimum atomic E-state index is -0.301. The lowest BCUT2D eigenvalue weighted by molar-refractivity contribution is 0.156. The lowest BCUT2D eigenvalue weighted by Gasteiger charge is -2.25. The van der Waals surface area contributed by atoms with Crippen molar-refractivity contribution in [3.05, 3.63) is 29.6 Å². The molecule has 1 unspecified atom stereocenters. The molecule has 0 aliphatic heterocycles. The number of aliphatic hydroxyl groups is 2. The third kappa shape index (κ3) is 5.24. The zero-order valence-corrected chi connectivity index (χ0v) is 12.7. The Morgan fingerprint density at radius 1 is 1.24 bits per heavy atom. The smallest absolute Gasteiger partial charge is 0.131 e. The highest BCUT2D eigenvalue weighted by Crippen LogP contribution is 2.29. The summed E-state index contributed by atoms with van der Waals surface area (Å²) in [5.41, 5.74) is 0.510. The van der Waals surface area contributed by atoms with Crippen LogP contribution in [0.5, 0.6) is 5.75 Å². The molecule has 5 nitrogen and oxygen atoms in total. The van der Waals surface area contributed by atoms with E-state index in [0.717, 1.165) is 0 Å². The summed E-state index contributed by atoms with van der Waals surface area (Å²) in [5.74, 6) is 0.217. The fraction of sp³-hybridized carbons (Fsp3) is 0.600. The Labute approximate surface area is 125 Å². The highest BCUT2D eigenvalue weighted by atomic mass is 19.1. The van der Waals surface area contributed by atoms with Crippen molar-refractivity contribution < 1.29 is 19.3 Å². The average Bonchev–Trinajstić information content (AvgIpc) is 2.49. The second-order valence-corrected chi connectivity index (χ2v) is 4.77. The van der Waals surface area contributed by atoms with Crippen molar-refractivity contribution in [2.45, 2.75) is 12.5 Å². The summed E-state index contributed by atoms with van der Waals surface area (Å²) in [7, 11) is 3.30. The van der Waals surface area contributed by atoms with Gasteiger partial charge in [-0.2, -0.15) is 0 Å². The van der Waals surface area contributed by atoms with Crippen molar-refractivity contribution in [1.82, 2.24) is 10.2 Å². The Morgan fingerprint density at radius 3 is 2.43 bits per heavy atom. The van der Waals surface area contributed by atoms with Gasteiger partial charge in [0.05, 0.1) is 20.3 Å². The summed E-state index contributed by atoms with van der Waals surface area (Å²) >= 11 is 0. The van der Waals surface area contributed by atoms with Gasteiger partial charge in [-0.3, -0.25) is 4.90 Å². The quantitative estimate of drug-likeness (QED) is 0.596. The van der Waals surface area contributed by atoms with Gasteiger partial charge in [-0.1, -0.05) is 6.07 Å². The maximum atomic E-state index is 14.1. The van der Waals surface area contributed by atoms with Gasteiger partial charge in [-0.25, -0.2) is 4.39 Å². The molecule has 0 bridgehead atoms. The molecule has 1 rings (SSSR count). The van der Waals surface area contributed by atoms with Crippen molar-refractivity contribution in [1.29, 1.82) is 0 Å². The van der Waals surface area contributed by atoms with Crippen LogP contribution in [-0.2, 0) is 0 Å². The number of hydrogen-bond donors (Lipinski definition) is 3. The van der Waals surface area contributed by atoms with Crippen LogP contribution in [0.3, 0.4) is 0 Å². The molecule has 0 aromatic heterocycles. The van der Waals surface area contributed by atoms with Crippen LogP contribution in [0.1, 0.15) is 18.0 Å². The lowest BCUT2D eigenvalue weighted by atomic mass is 10.0. The third-order valence-electron chi connectivity index (χ3n) is 3.50. The Hall–Kier alpha value is -1.21. The monoisotopic (exact) mass is 300 g/mol. The minimum absolute atomic E-state index is 0.0350. The summed E-state index contributed by atoms with van der Waals surface area (Å²) in [6, 6.07) is 4.58. The molecule has 0 aliphatic carbocycles. The molecule has 3 N–H and O–H groups in total. The maximum absolute atomic E-state index is 14.1. The molecule has 120 valence electrons. The van der Waals surface area contributed by atoms with E-state index in [0.29, 0.717) is 37.4 Å². The first kappa shape index (κ1) is 17.8. The van der Waals surface area contributed by atoms with Crippen LogP contribution in [0, 0.1) is 5.82 Å². The fourth-order valence-electron chi connectivity index (χ4n) is 2.40. The van der Waals surface area contributed by atoms with E-state index in [4.69, 9.17) is 14.9 Å². The Balaban J connectivity index is 2.79. The molecule has 0 fully saturated rings. The standard InChI is InChI=1S/C15H25FN2O3/c1-17-13(6-7-18(8-10-19)9-11-20)15-12(16)4-3-5-14(15)21-2/h3-5,13,17,19-20H,6-11H2,1-2H3. The van der Waals surface area contributed by atoms with E-state index in [-0.39, 0.29) is 25.1 Å². The van der Waals surface area contributed by atoms with Gasteiger partial charge >= 0.3 is 0 Å². The molecular formula is C15H25FN2O3. The summed E-state index contributed by atoms with van der Waals surface area (Å²) < 4.78 is 19.3. The zero-order valence-electron chi connectivity index (χ0n) is 12.7. The van der Waals surface area contributed by atoms with Crippen molar-refractivity contribution in [2.24, 2.45) is 0 Å². The van der Waals surface area contributed by atoms with Crippen LogP contribution >= 0.6 is 0 Å². The molecule has 0 radical (unpaired) electrons. The fourth-order valence-corrected chi connectivity index (χ4v) is 2.40. The predicted molar refractivity (Wildman–Crippen MR) is 80.0 cm³/mol. The van der Waals surface area contributed by atoms with Crippen molar-refractivity contribution in [2.75, 3.05) is 47.0 Å². The van der Waals surface area contributed by atoms with Crippen LogP contribution in [0.2, 0.25) is 0 Å². The summed E-state index contributed by atoms with van der Waals surface area (Å²) in [6.45, 7) is 1.70. The van der Waals surface area contributed by atoms with Crippen LogP contribution in [-0.4, -0.2) is 62.1 Å². The number of halogens is 1. The predicted octanol–water partition coefficient (Wildman–Crippen LogP) is 0.771. The lowest BCUT2D eigenvalue weighted by Crippen LogP contribution is -2.33. The molecular weight excluding hydrogens is 275 g/mol. The van der Waals surface area contributed by atoms with Gasteiger partial charge in [0.25, 0.3) is 0 Å². The van der Waals surface area contributed by atoms with Gasteiger partial charge in [0.2, 0.25) is 0 Å². The molecule has 0 aliphatic rings. The molecule has 1 aromatic rings. The molecule has 0 heterocycles. The maximum Gasteiger partial charge on any atom is 0.131 e. The number of rotatable bonds is 10. The third-order valence-corrected chi connectivity index (χ3v) is 3.50. The number of nitrogens with zero attached hydrogens (tertiary/aromatic N) is 1. The van der Waals surface area contributed by atoms with E-state index in [9.17, 15) is 4.39 Å². The molecule has 0 amide bonds. The van der Waals surface area contributed by atoms with Gasteiger partial charge in [0.15, 0.2) is 0 Å². The Bertz CT molecular complexity index is 412. The first-order chi connectivity index (χ1) is 10.2. The van der Waals surface area contributed by atoms with E-state index >= 15 is 0 Å². The molecule has 0 saturated carbocycles. The number of nitrogens with one attached hydrogen (secondary N) is 1. The van der Waals surface area contributed by atoms with Gasteiger partial charge in [-0.05, 0) is 25.6 Å². The van der Waals surface area contributed by atoms with E-state index < -0.39 is 0 Å². The normalized spacial score (nSPS) is 12.7. The van der Waals surface area contributed by atoms with Crippen LogP contribution in [0.4, 0.5) is 4.39 Å². The molecule has 1 atom stereocenters. The van der Waals surface area contributed by atoms with Gasteiger partial charge < -0.3 is 20.3 Å². The van der Waals surface area contributed by atoms with Crippen LogP contribution in [0.25, 0.3) is 0 Å². The van der Waals surface area contributed by atoms with Crippen molar-refractivity contribution in [3.63, 3.8) is 0 Å². The average molecular weight is 300 g/mol. The van der Waals surface area contributed by atoms with E-state index in [2.05, 4.69) is 5.32 Å². The van der Waals surface area contributed by atoms with Gasteiger partial charge in [0, 0.05) is 31.2 Å². The molecule has 1 aromatic carbocycles. The first-order valence-electron chi connectivity index (χ1n) is 7.11. The number of hydrogen-bond acceptors (Lipinski definition) is 5. The second-order valence-electron chi connectivity index (χ2n) is 4.77. The number of ether oxygens (including phenoxy) is 1. The summed E-state index contributed by atoms with van der Waals surface area (Å²) in [5, 5.41) is 21.1. The Morgan fingerprint density at radius 2 is 1.90 bits per heavy atom. The van der Waals surface area contributed by atoms with E-state index in [1.54, 1.807) is 19.2 Å². The van der Waals surface area contributed by atoms with Crippen LogP contribution in [0.15, 0.2) is 18.2 Å². The minimum Gasteiger partial charge on any atom is -0.496 e. The van der Waals surface area contributed by atoms with E-state index in [1.807, 2.05) is 4.90 Å². The second kappa shape index (κ2) is 9.68. The van der Waals surface area contributed by atoms with Crippen LogP contribution < -0.4 is 10.1 Å². The number of benzene rings is 1. The highest BCUT2D eigenvalue weighted by Gasteiger charge is 2.19. The molecule has 21 heavy (non-hydrogen) atoms. The van der Waals surface area contributed by atoms with Crippen molar-refractivity contribution in [3.8, 4) is 5.75 Å².